The Kier molecular flexibility index (Phi) is 5.54. The number of nitrogens with two attached hydrogens (primary N) is 1. The maximum Gasteiger partial charge on any atom is 0.220 e. The van der Waals surface area contributed by atoms with Crippen LogP contribution in [0.25, 0.3) is 0 Å². The third-order valence-corrected chi connectivity index (χ3v) is 6.40. The summed E-state index contributed by atoms with van der Waals surface area (Å²) >= 11 is 0. The van der Waals surface area contributed by atoms with Crippen LogP contribution in [0.1, 0.15) is 32.1 Å². The number of fused-ring (bicyclic) bond motifs is 3. The van der Waals surface area contributed by atoms with Crippen LogP contribution in [0.3, 0.4) is 0 Å². The molecule has 6 unspecified atom stereocenters. The minimum atomic E-state index is -0.145. The van der Waals surface area contributed by atoms with Crippen LogP contribution in [0.2, 0.25) is 0 Å². The van der Waals surface area contributed by atoms with Gasteiger partial charge in [0.1, 0.15) is 0 Å². The van der Waals surface area contributed by atoms with Crippen molar-refractivity contribution in [3.8, 4) is 0 Å². The minimum Gasteiger partial charge on any atom is -0.375 e. The van der Waals surface area contributed by atoms with E-state index in [-0.39, 0.29) is 18.0 Å². The highest BCUT2D eigenvalue weighted by molar-refractivity contribution is 5.76. The average Bonchev–Trinajstić information content (AvgIpc) is 2.94. The Balaban J connectivity index is 1.32. The molecule has 0 radical (unpaired) electrons. The van der Waals surface area contributed by atoms with Gasteiger partial charge in [-0.25, -0.2) is 10.9 Å². The second kappa shape index (κ2) is 7.85. The van der Waals surface area contributed by atoms with Crippen LogP contribution >= 0.6 is 0 Å². The molecule has 3 saturated heterocycles. The number of amides is 1. The van der Waals surface area contributed by atoms with Gasteiger partial charge in [-0.2, -0.15) is 0 Å². The van der Waals surface area contributed by atoms with Gasteiger partial charge in [-0.15, -0.1) is 0 Å². The number of carbonyl (C=O) groups is 1. The second-order valence-electron chi connectivity index (χ2n) is 7.92. The third kappa shape index (κ3) is 3.84. The van der Waals surface area contributed by atoms with E-state index in [9.17, 15) is 4.79 Å². The van der Waals surface area contributed by atoms with Crippen molar-refractivity contribution < 1.29 is 9.53 Å². The zero-order valence-corrected chi connectivity index (χ0v) is 14.9. The van der Waals surface area contributed by atoms with Crippen LogP contribution in [0, 0.1) is 11.8 Å². The van der Waals surface area contributed by atoms with Crippen molar-refractivity contribution in [2.24, 2.45) is 17.6 Å². The predicted molar refractivity (Wildman–Crippen MR) is 94.2 cm³/mol. The smallest absolute Gasteiger partial charge is 0.220 e. The Bertz CT molecular complexity index is 478. The Morgan fingerprint density at radius 3 is 3.08 bits per heavy atom. The number of hydrogen-bond donors (Lipinski definition) is 5. The average molecular weight is 352 g/mol. The fourth-order valence-electron chi connectivity index (χ4n) is 4.97. The summed E-state index contributed by atoms with van der Waals surface area (Å²) in [5.41, 5.74) is 12.5. The maximum absolute atomic E-state index is 11.5. The first kappa shape index (κ1) is 17.6. The zero-order chi connectivity index (χ0) is 17.2. The molecule has 1 saturated carbocycles. The van der Waals surface area contributed by atoms with Gasteiger partial charge in [-0.3, -0.25) is 9.69 Å². The van der Waals surface area contributed by atoms with Crippen LogP contribution in [-0.2, 0) is 9.53 Å². The first-order valence-electron chi connectivity index (χ1n) is 9.84. The lowest BCUT2D eigenvalue weighted by Crippen LogP contribution is -2.53. The Morgan fingerprint density at radius 1 is 1.28 bits per heavy atom. The molecule has 0 aromatic heterocycles. The number of ether oxygens (including phenoxy) is 1. The van der Waals surface area contributed by atoms with Crippen molar-refractivity contribution in [1.29, 1.82) is 0 Å². The van der Waals surface area contributed by atoms with Crippen molar-refractivity contribution in [2.45, 2.75) is 56.6 Å². The largest absolute Gasteiger partial charge is 0.375 e. The molecule has 0 spiro atoms. The first-order chi connectivity index (χ1) is 12.2. The summed E-state index contributed by atoms with van der Waals surface area (Å²) in [6, 6.07) is 0.391. The van der Waals surface area contributed by atoms with Gasteiger partial charge in [0.05, 0.1) is 25.0 Å². The van der Waals surface area contributed by atoms with E-state index in [1.807, 2.05) is 0 Å². The summed E-state index contributed by atoms with van der Waals surface area (Å²) < 4.78 is 6.08. The molecule has 8 nitrogen and oxygen atoms in total. The van der Waals surface area contributed by atoms with Gasteiger partial charge in [0.25, 0.3) is 0 Å². The quantitative estimate of drug-likeness (QED) is 0.428. The van der Waals surface area contributed by atoms with Crippen molar-refractivity contribution in [3.05, 3.63) is 0 Å². The van der Waals surface area contributed by atoms with Crippen molar-refractivity contribution in [3.63, 3.8) is 0 Å². The molecule has 4 rings (SSSR count). The highest BCUT2D eigenvalue weighted by Gasteiger charge is 2.44. The number of nitrogens with zero attached hydrogens (tertiary/aromatic N) is 1. The molecule has 3 aliphatic heterocycles. The van der Waals surface area contributed by atoms with Gasteiger partial charge in [0.15, 0.2) is 0 Å². The molecule has 8 heteroatoms. The molecule has 1 aliphatic carbocycles. The molecule has 0 aromatic carbocycles. The number of carbonyl (C=O) groups excluding carboxylic acids is 1. The molecule has 0 aromatic rings. The van der Waals surface area contributed by atoms with Gasteiger partial charge in [0, 0.05) is 37.5 Å². The lowest BCUT2D eigenvalue weighted by molar-refractivity contribution is -0.122. The SMILES string of the molecule is NC(=O)C1CCCC(NCC2NNC3C4CCNCC4OCCN23)C1. The van der Waals surface area contributed by atoms with E-state index < -0.39 is 0 Å². The fourth-order valence-corrected chi connectivity index (χ4v) is 4.97. The lowest BCUT2D eigenvalue weighted by Gasteiger charge is -2.36. The third-order valence-electron chi connectivity index (χ3n) is 6.40. The van der Waals surface area contributed by atoms with Crippen LogP contribution in [0.5, 0.6) is 0 Å². The molecule has 0 bridgehead atoms. The van der Waals surface area contributed by atoms with E-state index in [1.165, 1.54) is 0 Å². The van der Waals surface area contributed by atoms with Gasteiger partial charge >= 0.3 is 0 Å². The Hall–Kier alpha value is -0.770. The molecule has 4 fully saturated rings. The van der Waals surface area contributed by atoms with E-state index in [4.69, 9.17) is 10.5 Å². The van der Waals surface area contributed by atoms with E-state index in [1.54, 1.807) is 0 Å². The Morgan fingerprint density at radius 2 is 2.20 bits per heavy atom. The summed E-state index contributed by atoms with van der Waals surface area (Å²) in [7, 11) is 0. The summed E-state index contributed by atoms with van der Waals surface area (Å²) in [6.07, 6.45) is 6.08. The number of piperidine rings is 1. The summed E-state index contributed by atoms with van der Waals surface area (Å²) in [5.74, 6) is 0.416. The van der Waals surface area contributed by atoms with Gasteiger partial charge in [0.2, 0.25) is 5.91 Å². The number of rotatable bonds is 4. The van der Waals surface area contributed by atoms with Gasteiger partial charge in [-0.05, 0) is 32.2 Å². The first-order valence-corrected chi connectivity index (χ1v) is 9.84. The van der Waals surface area contributed by atoms with Crippen LogP contribution < -0.4 is 27.2 Å². The van der Waals surface area contributed by atoms with Crippen molar-refractivity contribution in [2.75, 3.05) is 32.8 Å². The molecule has 3 heterocycles. The highest BCUT2D eigenvalue weighted by atomic mass is 16.5. The van der Waals surface area contributed by atoms with E-state index in [0.717, 1.165) is 64.9 Å². The van der Waals surface area contributed by atoms with Crippen LogP contribution in [-0.4, -0.2) is 68.1 Å². The van der Waals surface area contributed by atoms with E-state index in [2.05, 4.69) is 26.4 Å². The van der Waals surface area contributed by atoms with E-state index in [0.29, 0.717) is 24.2 Å². The molecule has 6 atom stereocenters. The van der Waals surface area contributed by atoms with Crippen molar-refractivity contribution >= 4 is 5.91 Å². The molecule has 25 heavy (non-hydrogen) atoms. The summed E-state index contributed by atoms with van der Waals surface area (Å²) in [5, 5.41) is 7.11. The van der Waals surface area contributed by atoms with Crippen LogP contribution in [0.4, 0.5) is 0 Å². The number of primary amides is 1. The monoisotopic (exact) mass is 352 g/mol. The van der Waals surface area contributed by atoms with Crippen LogP contribution in [0.15, 0.2) is 0 Å². The normalized spacial score (nSPS) is 42.4. The molecular weight excluding hydrogens is 320 g/mol. The topological polar surface area (TPSA) is 104 Å². The Labute approximate surface area is 149 Å². The predicted octanol–water partition coefficient (Wildman–Crippen LogP) is -1.31. The van der Waals surface area contributed by atoms with Crippen molar-refractivity contribution in [1.82, 2.24) is 26.4 Å². The maximum atomic E-state index is 11.5. The van der Waals surface area contributed by atoms with E-state index >= 15 is 0 Å². The minimum absolute atomic E-state index is 0.0377. The summed E-state index contributed by atoms with van der Waals surface area (Å²) in [6.45, 7) is 4.62. The highest BCUT2D eigenvalue weighted by Crippen LogP contribution is 2.28. The molecular formula is C17H32N6O2. The summed E-state index contributed by atoms with van der Waals surface area (Å²) in [4.78, 5) is 14.0. The van der Waals surface area contributed by atoms with Gasteiger partial charge < -0.3 is 21.1 Å². The second-order valence-corrected chi connectivity index (χ2v) is 7.92. The molecule has 142 valence electrons. The number of nitrogens with one attached hydrogen (secondary N) is 4. The zero-order valence-electron chi connectivity index (χ0n) is 14.9. The fraction of sp³-hybridized carbons (Fsp3) is 0.941. The molecule has 6 N–H and O–H groups in total. The number of hydrazine groups is 1. The lowest BCUT2D eigenvalue weighted by atomic mass is 9.85. The molecule has 4 aliphatic rings. The van der Waals surface area contributed by atoms with Gasteiger partial charge in [-0.1, -0.05) is 6.42 Å². The molecule has 1 amide bonds. The standard InChI is InChI=1S/C17H32N6O2/c18-16(24)11-2-1-3-12(8-11)20-10-15-21-22-17-13-4-5-19-9-14(13)25-7-6-23(15)17/h11-15,17,19-22H,1-10H2,(H2,18,24). The number of hydrogen-bond acceptors (Lipinski definition) is 7.